The second kappa shape index (κ2) is 3.17. The van der Waals surface area contributed by atoms with Gasteiger partial charge in [-0.15, -0.1) is 0 Å². The summed E-state index contributed by atoms with van der Waals surface area (Å²) in [4.78, 5) is 10.4. The van der Waals surface area contributed by atoms with Crippen molar-refractivity contribution in [3.63, 3.8) is 0 Å². The van der Waals surface area contributed by atoms with Crippen molar-refractivity contribution in [2.45, 2.75) is 24.7 Å². The Morgan fingerprint density at radius 2 is 2.00 bits per heavy atom. The molecule has 1 saturated heterocycles. The van der Waals surface area contributed by atoms with Gasteiger partial charge in [0, 0.05) is 13.0 Å². The molecule has 1 aliphatic heterocycles. The van der Waals surface area contributed by atoms with Crippen LogP contribution < -0.4 is 5.32 Å². The number of carboxylic acid groups (broad SMARTS) is 1. The van der Waals surface area contributed by atoms with Crippen LogP contribution in [0.2, 0.25) is 0 Å². The molecule has 0 spiro atoms. The molecule has 0 unspecified atom stereocenters. The number of piperidine rings is 1. The first-order valence-corrected chi connectivity index (χ1v) is 3.43. The number of hydrogen-bond donors (Lipinski definition) is 4. The van der Waals surface area contributed by atoms with E-state index in [1.807, 2.05) is 0 Å². The maximum Gasteiger partial charge on any atom is 0.320 e. The van der Waals surface area contributed by atoms with Crippen LogP contribution in [0.25, 0.3) is 0 Å². The number of aliphatic hydroxyl groups excluding tert-OH is 2. The van der Waals surface area contributed by atoms with E-state index in [0.29, 0.717) is 0 Å². The number of carboxylic acids is 1. The van der Waals surface area contributed by atoms with Crippen LogP contribution in [0, 0.1) is 0 Å². The van der Waals surface area contributed by atoms with Crippen LogP contribution in [0.3, 0.4) is 0 Å². The van der Waals surface area contributed by atoms with Gasteiger partial charge in [-0.1, -0.05) is 0 Å². The van der Waals surface area contributed by atoms with Crippen LogP contribution in [0.15, 0.2) is 0 Å². The summed E-state index contributed by atoms with van der Waals surface area (Å²) < 4.78 is 0. The average molecular weight is 161 g/mol. The first kappa shape index (κ1) is 8.45. The predicted molar refractivity (Wildman–Crippen MR) is 36.1 cm³/mol. The molecule has 4 N–H and O–H groups in total. The van der Waals surface area contributed by atoms with E-state index in [2.05, 4.69) is 5.32 Å². The lowest BCUT2D eigenvalue weighted by molar-refractivity contribution is -0.142. The van der Waals surface area contributed by atoms with E-state index in [-0.39, 0.29) is 13.0 Å². The number of rotatable bonds is 1. The smallest absolute Gasteiger partial charge is 0.320 e. The van der Waals surface area contributed by atoms with Gasteiger partial charge in [0.25, 0.3) is 0 Å². The third-order valence-electron chi connectivity index (χ3n) is 1.79. The third kappa shape index (κ3) is 1.89. The van der Waals surface area contributed by atoms with Crippen LogP contribution >= 0.6 is 0 Å². The van der Waals surface area contributed by atoms with E-state index in [9.17, 15) is 4.79 Å². The monoisotopic (exact) mass is 161 g/mol. The highest BCUT2D eigenvalue weighted by atomic mass is 16.4. The molecule has 0 aromatic heterocycles. The number of hydrogen-bond acceptors (Lipinski definition) is 4. The molecule has 5 heteroatoms. The van der Waals surface area contributed by atoms with E-state index in [1.165, 1.54) is 0 Å². The van der Waals surface area contributed by atoms with Gasteiger partial charge in [0.1, 0.15) is 6.04 Å². The highest BCUT2D eigenvalue weighted by molar-refractivity contribution is 5.73. The van der Waals surface area contributed by atoms with E-state index in [1.54, 1.807) is 0 Å². The van der Waals surface area contributed by atoms with Crippen LogP contribution in [-0.4, -0.2) is 46.1 Å². The molecule has 0 saturated carbocycles. The summed E-state index contributed by atoms with van der Waals surface area (Å²) in [7, 11) is 0. The Morgan fingerprint density at radius 1 is 1.36 bits per heavy atom. The fraction of sp³-hybridized carbons (Fsp3) is 0.833. The second-order valence-electron chi connectivity index (χ2n) is 2.67. The molecule has 1 aliphatic rings. The molecule has 0 radical (unpaired) electrons. The molecule has 1 fully saturated rings. The zero-order valence-corrected chi connectivity index (χ0v) is 5.90. The zero-order valence-electron chi connectivity index (χ0n) is 5.90. The molecule has 0 aliphatic carbocycles. The Labute approximate surface area is 63.7 Å². The summed E-state index contributed by atoms with van der Waals surface area (Å²) in [6.07, 6.45) is -1.70. The number of aliphatic carboxylic acids is 1. The number of nitrogens with one attached hydrogen (secondary N) is 1. The van der Waals surface area contributed by atoms with Crippen molar-refractivity contribution in [3.8, 4) is 0 Å². The molecule has 0 aromatic carbocycles. The largest absolute Gasteiger partial charge is 0.480 e. The van der Waals surface area contributed by atoms with Crippen molar-refractivity contribution in [2.24, 2.45) is 0 Å². The number of aliphatic hydroxyl groups is 2. The van der Waals surface area contributed by atoms with Crippen molar-refractivity contribution < 1.29 is 20.1 Å². The maximum absolute atomic E-state index is 10.4. The van der Waals surface area contributed by atoms with Crippen LogP contribution in [0.1, 0.15) is 6.42 Å². The Morgan fingerprint density at radius 3 is 2.45 bits per heavy atom. The summed E-state index contributed by atoms with van der Waals surface area (Å²) in [5.74, 6) is -0.990. The van der Waals surface area contributed by atoms with Gasteiger partial charge in [0.2, 0.25) is 0 Å². The zero-order chi connectivity index (χ0) is 8.43. The van der Waals surface area contributed by atoms with E-state index < -0.39 is 24.2 Å². The quantitative estimate of drug-likeness (QED) is 0.362. The molecule has 5 nitrogen and oxygen atoms in total. The Hall–Kier alpha value is -0.650. The van der Waals surface area contributed by atoms with Gasteiger partial charge in [0.05, 0.1) is 12.2 Å². The topological polar surface area (TPSA) is 89.8 Å². The summed E-state index contributed by atoms with van der Waals surface area (Å²) in [5, 5.41) is 29.1. The standard InChI is InChI=1S/C6H11NO4/c8-4-1-3(6(10)11)7-2-5(4)9/h3-5,7-9H,1-2H2,(H,10,11)/t3-,4-,5+/m1/s1. The third-order valence-corrected chi connectivity index (χ3v) is 1.79. The SMILES string of the molecule is O=C(O)[C@H]1C[C@@H](O)[C@@H](O)CN1. The fourth-order valence-electron chi connectivity index (χ4n) is 1.07. The summed E-state index contributed by atoms with van der Waals surface area (Å²) >= 11 is 0. The molecule has 1 rings (SSSR count). The number of β-amino-alcohol motifs (C(OH)–C–C–N with tert-alkyl or cyclic N) is 1. The minimum absolute atomic E-state index is 0.0660. The van der Waals surface area contributed by atoms with Crippen molar-refractivity contribution in [1.82, 2.24) is 5.32 Å². The van der Waals surface area contributed by atoms with Gasteiger partial charge in [0.15, 0.2) is 0 Å². The van der Waals surface area contributed by atoms with Crippen molar-refractivity contribution in [3.05, 3.63) is 0 Å². The Bertz CT molecular complexity index is 161. The first-order valence-electron chi connectivity index (χ1n) is 3.43. The molecule has 64 valence electrons. The molecule has 11 heavy (non-hydrogen) atoms. The van der Waals surface area contributed by atoms with E-state index >= 15 is 0 Å². The molecule has 0 amide bonds. The second-order valence-corrected chi connectivity index (χ2v) is 2.67. The lowest BCUT2D eigenvalue weighted by Gasteiger charge is -2.28. The molecular formula is C6H11NO4. The normalized spacial score (nSPS) is 38.5. The number of carbonyl (C=O) groups is 1. The highest BCUT2D eigenvalue weighted by Gasteiger charge is 2.30. The lowest BCUT2D eigenvalue weighted by atomic mass is 10.00. The molecule has 0 aromatic rings. The minimum Gasteiger partial charge on any atom is -0.480 e. The van der Waals surface area contributed by atoms with E-state index in [0.717, 1.165) is 0 Å². The first-order chi connectivity index (χ1) is 5.11. The highest BCUT2D eigenvalue weighted by Crippen LogP contribution is 2.08. The van der Waals surface area contributed by atoms with Gasteiger partial charge in [-0.3, -0.25) is 4.79 Å². The van der Waals surface area contributed by atoms with Crippen molar-refractivity contribution >= 4 is 5.97 Å². The minimum atomic E-state index is -0.990. The maximum atomic E-state index is 10.4. The van der Waals surface area contributed by atoms with Gasteiger partial charge in [-0.2, -0.15) is 0 Å². The molecule has 3 atom stereocenters. The van der Waals surface area contributed by atoms with Crippen molar-refractivity contribution in [1.29, 1.82) is 0 Å². The summed E-state index contributed by atoms with van der Waals surface area (Å²) in [6.45, 7) is 0.137. The predicted octanol–water partition coefficient (Wildman–Crippen LogP) is -1.85. The summed E-state index contributed by atoms with van der Waals surface area (Å²) in [6, 6.07) is -0.728. The average Bonchev–Trinajstić information content (AvgIpc) is 1.94. The van der Waals surface area contributed by atoms with Gasteiger partial charge < -0.3 is 20.6 Å². The molecule has 1 heterocycles. The fourth-order valence-corrected chi connectivity index (χ4v) is 1.07. The lowest BCUT2D eigenvalue weighted by Crippen LogP contribution is -2.52. The van der Waals surface area contributed by atoms with Gasteiger partial charge in [-0.25, -0.2) is 0 Å². The van der Waals surface area contributed by atoms with E-state index in [4.69, 9.17) is 15.3 Å². The van der Waals surface area contributed by atoms with Gasteiger partial charge in [-0.05, 0) is 0 Å². The van der Waals surface area contributed by atoms with Crippen molar-refractivity contribution in [2.75, 3.05) is 6.54 Å². The van der Waals surface area contributed by atoms with Gasteiger partial charge >= 0.3 is 5.97 Å². The van der Waals surface area contributed by atoms with Crippen LogP contribution in [0.4, 0.5) is 0 Å². The molecular weight excluding hydrogens is 150 g/mol. The Balaban J connectivity index is 2.46. The Kier molecular flexibility index (Phi) is 2.43. The summed E-state index contributed by atoms with van der Waals surface area (Å²) in [5.41, 5.74) is 0. The molecule has 0 bridgehead atoms. The van der Waals surface area contributed by atoms with Crippen LogP contribution in [0.5, 0.6) is 0 Å². The van der Waals surface area contributed by atoms with Crippen LogP contribution in [-0.2, 0) is 4.79 Å².